The van der Waals surface area contributed by atoms with Crippen molar-refractivity contribution in [1.29, 1.82) is 0 Å². The quantitative estimate of drug-likeness (QED) is 0.445. The first-order chi connectivity index (χ1) is 15.9. The maximum atomic E-state index is 13.6. The van der Waals surface area contributed by atoms with Crippen molar-refractivity contribution in [2.75, 3.05) is 5.32 Å². The van der Waals surface area contributed by atoms with Gasteiger partial charge in [-0.25, -0.2) is 9.38 Å². The molecule has 1 N–H and O–H groups in total. The fraction of sp³-hybridized carbons (Fsp3) is 0.120. The summed E-state index contributed by atoms with van der Waals surface area (Å²) in [5.74, 6) is -1.45. The average Bonchev–Trinajstić information content (AvgIpc) is 2.79. The van der Waals surface area contributed by atoms with Gasteiger partial charge in [0.05, 0.1) is 11.4 Å². The number of aryl methyl sites for hydroxylation is 1. The molecule has 0 bridgehead atoms. The third kappa shape index (κ3) is 5.12. The highest BCUT2D eigenvalue weighted by molar-refractivity contribution is 6.05. The van der Waals surface area contributed by atoms with E-state index in [-0.39, 0.29) is 23.4 Å². The Bertz CT molecular complexity index is 1410. The molecule has 0 aliphatic rings. The van der Waals surface area contributed by atoms with E-state index in [0.29, 0.717) is 27.9 Å². The van der Waals surface area contributed by atoms with Crippen molar-refractivity contribution in [1.82, 2.24) is 4.98 Å². The number of amides is 1. The molecule has 0 aliphatic heterocycles. The molecule has 0 saturated heterocycles. The molecule has 1 amide bonds. The number of carbonyl (C=O) groups excluding carboxylic acids is 2. The third-order valence-electron chi connectivity index (χ3n) is 4.80. The van der Waals surface area contributed by atoms with Crippen LogP contribution in [0.3, 0.4) is 0 Å². The number of pyridine rings is 1. The van der Waals surface area contributed by atoms with E-state index < -0.39 is 17.7 Å². The molecule has 0 unspecified atom stereocenters. The zero-order valence-corrected chi connectivity index (χ0v) is 18.0. The van der Waals surface area contributed by atoms with Crippen LogP contribution in [0, 0.1) is 12.7 Å². The van der Waals surface area contributed by atoms with Gasteiger partial charge in [-0.3, -0.25) is 14.6 Å². The van der Waals surface area contributed by atoms with Crippen LogP contribution in [0.15, 0.2) is 76.3 Å². The van der Waals surface area contributed by atoms with E-state index in [1.165, 1.54) is 25.1 Å². The molecular weight excluding hydrogens is 425 g/mol. The van der Waals surface area contributed by atoms with Gasteiger partial charge in [-0.05, 0) is 43.3 Å². The van der Waals surface area contributed by atoms with Crippen molar-refractivity contribution >= 4 is 34.2 Å². The van der Waals surface area contributed by atoms with Crippen molar-refractivity contribution in [3.63, 3.8) is 0 Å². The van der Waals surface area contributed by atoms with Crippen LogP contribution in [-0.4, -0.2) is 16.9 Å². The summed E-state index contributed by atoms with van der Waals surface area (Å²) in [7, 11) is 0. The van der Waals surface area contributed by atoms with Crippen LogP contribution in [0.25, 0.3) is 11.0 Å². The van der Waals surface area contributed by atoms with Crippen LogP contribution in [0.1, 0.15) is 28.5 Å². The number of aromatic nitrogens is 1. The lowest BCUT2D eigenvalue weighted by Crippen LogP contribution is -2.22. The minimum Gasteiger partial charge on any atom is -0.461 e. The molecule has 0 saturated carbocycles. The number of nitrogens with zero attached hydrogens (tertiary/aromatic N) is 2. The Balaban J connectivity index is 1.89. The Morgan fingerprint density at radius 2 is 1.91 bits per heavy atom. The van der Waals surface area contributed by atoms with Crippen LogP contribution in [0.2, 0.25) is 0 Å². The Hall–Kier alpha value is -4.33. The van der Waals surface area contributed by atoms with Crippen molar-refractivity contribution in [2.45, 2.75) is 20.5 Å². The number of rotatable bonds is 5. The second-order valence-electron chi connectivity index (χ2n) is 7.27. The molecule has 4 rings (SSSR count). The van der Waals surface area contributed by atoms with Gasteiger partial charge < -0.3 is 14.5 Å². The number of carbonyl (C=O) groups is 2. The molecule has 166 valence electrons. The first-order valence-electron chi connectivity index (χ1n) is 10.1. The van der Waals surface area contributed by atoms with Crippen LogP contribution < -0.4 is 10.9 Å². The number of anilines is 1. The van der Waals surface area contributed by atoms with Gasteiger partial charge in [0.1, 0.15) is 18.0 Å². The normalized spacial score (nSPS) is 11.4. The number of fused-ring (bicyclic) bond motifs is 1. The summed E-state index contributed by atoms with van der Waals surface area (Å²) in [6.45, 7) is 3.04. The van der Waals surface area contributed by atoms with Crippen molar-refractivity contribution in [3.8, 4) is 0 Å². The molecule has 0 fully saturated rings. The zero-order valence-electron chi connectivity index (χ0n) is 18.0. The topological polar surface area (TPSA) is 93.8 Å². The van der Waals surface area contributed by atoms with E-state index in [9.17, 15) is 14.0 Å². The number of esters is 1. The molecule has 0 radical (unpaired) electrons. The fourth-order valence-electron chi connectivity index (χ4n) is 3.21. The third-order valence-corrected chi connectivity index (χ3v) is 4.80. The fourth-order valence-corrected chi connectivity index (χ4v) is 3.21. The summed E-state index contributed by atoms with van der Waals surface area (Å²) in [4.78, 5) is 33.3. The summed E-state index contributed by atoms with van der Waals surface area (Å²) in [5, 5.41) is 3.23. The van der Waals surface area contributed by atoms with Gasteiger partial charge >= 0.3 is 5.97 Å². The summed E-state index contributed by atoms with van der Waals surface area (Å²) in [5.41, 5.74) is 2.64. The van der Waals surface area contributed by atoms with Gasteiger partial charge in [-0.2, -0.15) is 0 Å². The monoisotopic (exact) mass is 445 g/mol. The van der Waals surface area contributed by atoms with E-state index in [1.54, 1.807) is 37.4 Å². The highest BCUT2D eigenvalue weighted by Gasteiger charge is 2.17. The summed E-state index contributed by atoms with van der Waals surface area (Å²) >= 11 is 0. The van der Waals surface area contributed by atoms with E-state index in [4.69, 9.17) is 9.15 Å². The Kier molecular flexibility index (Phi) is 6.26. The van der Waals surface area contributed by atoms with E-state index >= 15 is 0 Å². The van der Waals surface area contributed by atoms with E-state index in [2.05, 4.69) is 15.3 Å². The number of halogens is 1. The second-order valence-corrected chi connectivity index (χ2v) is 7.27. The molecular formula is C25H20FN3O4. The number of ether oxygens (including phenoxy) is 1. The van der Waals surface area contributed by atoms with Gasteiger partial charge in [-0.1, -0.05) is 24.3 Å². The predicted octanol–water partition coefficient (Wildman–Crippen LogP) is 4.82. The van der Waals surface area contributed by atoms with Crippen molar-refractivity contribution < 1.29 is 23.1 Å². The second kappa shape index (κ2) is 9.44. The first kappa shape index (κ1) is 21.9. The Morgan fingerprint density at radius 1 is 1.12 bits per heavy atom. The number of hydrogen-bond acceptors (Lipinski definition) is 6. The lowest BCUT2D eigenvalue weighted by atomic mass is 10.1. The Morgan fingerprint density at radius 3 is 2.64 bits per heavy atom. The highest BCUT2D eigenvalue weighted by Crippen LogP contribution is 2.23. The van der Waals surface area contributed by atoms with Gasteiger partial charge in [0.2, 0.25) is 5.55 Å². The molecule has 2 aromatic heterocycles. The van der Waals surface area contributed by atoms with Gasteiger partial charge in [0.25, 0.3) is 5.91 Å². The maximum absolute atomic E-state index is 13.6. The lowest BCUT2D eigenvalue weighted by molar-refractivity contribution is -0.142. The molecule has 2 aromatic carbocycles. The van der Waals surface area contributed by atoms with Gasteiger partial charge in [-0.15, -0.1) is 0 Å². The average molecular weight is 445 g/mol. The molecule has 0 atom stereocenters. The standard InChI is InChI=1S/C25H20FN3O4/c1-15-23-21(17(13-27-15)14-32-16(2)30)12-22(24(31)28-20-10-6-7-18(26)11-20)25(33-23)29-19-8-4-3-5-9-19/h3-13H,14H2,1-2H3,(H,28,31). The largest absolute Gasteiger partial charge is 0.461 e. The first-order valence-corrected chi connectivity index (χ1v) is 10.1. The molecule has 8 heteroatoms. The smallest absolute Gasteiger partial charge is 0.302 e. The molecule has 4 aromatic rings. The summed E-state index contributed by atoms with van der Waals surface area (Å²) in [6.07, 6.45) is 1.57. The minimum atomic E-state index is -0.533. The maximum Gasteiger partial charge on any atom is 0.302 e. The van der Waals surface area contributed by atoms with Gasteiger partial charge in [0.15, 0.2) is 5.58 Å². The summed E-state index contributed by atoms with van der Waals surface area (Å²) in [6, 6.07) is 16.2. The summed E-state index contributed by atoms with van der Waals surface area (Å²) < 4.78 is 24.8. The van der Waals surface area contributed by atoms with Crippen molar-refractivity contribution in [2.24, 2.45) is 4.99 Å². The Labute approximate surface area is 188 Å². The molecule has 0 aliphatic carbocycles. The highest BCUT2D eigenvalue weighted by atomic mass is 19.1. The van der Waals surface area contributed by atoms with E-state index in [1.807, 2.05) is 18.2 Å². The number of para-hydroxylation sites is 1. The van der Waals surface area contributed by atoms with Crippen LogP contribution in [0.4, 0.5) is 15.8 Å². The van der Waals surface area contributed by atoms with E-state index in [0.717, 1.165) is 0 Å². The van der Waals surface area contributed by atoms with Crippen LogP contribution in [-0.2, 0) is 16.1 Å². The minimum absolute atomic E-state index is 0.0330. The predicted molar refractivity (Wildman–Crippen MR) is 120 cm³/mol. The number of benzene rings is 2. The van der Waals surface area contributed by atoms with Crippen molar-refractivity contribution in [3.05, 3.63) is 95.1 Å². The van der Waals surface area contributed by atoms with Gasteiger partial charge in [0, 0.05) is 29.8 Å². The molecule has 0 spiro atoms. The molecule has 33 heavy (non-hydrogen) atoms. The number of hydrogen-bond donors (Lipinski definition) is 1. The van der Waals surface area contributed by atoms with Crippen LogP contribution >= 0.6 is 0 Å². The molecule has 2 heterocycles. The number of nitrogens with one attached hydrogen (secondary N) is 1. The lowest BCUT2D eigenvalue weighted by Gasteiger charge is -2.11. The molecule has 7 nitrogen and oxygen atoms in total. The zero-order chi connectivity index (χ0) is 23.4. The SMILES string of the molecule is CC(=O)OCc1cnc(C)c2oc(=Nc3ccccc3)c(C(=O)Nc3cccc(F)c3)cc12. The van der Waals surface area contributed by atoms with Crippen LogP contribution in [0.5, 0.6) is 0 Å².